The number of ether oxygens (including phenoxy) is 3. The van der Waals surface area contributed by atoms with Gasteiger partial charge >= 0.3 is 0 Å². The minimum Gasteiger partial charge on any atom is -0.491 e. The van der Waals surface area contributed by atoms with Gasteiger partial charge in [0.25, 0.3) is 11.1 Å². The van der Waals surface area contributed by atoms with Crippen LogP contribution in [0.3, 0.4) is 0 Å². The van der Waals surface area contributed by atoms with Crippen LogP contribution in [-0.4, -0.2) is 38.4 Å². The Morgan fingerprint density at radius 1 is 0.723 bits per heavy atom. The van der Waals surface area contributed by atoms with E-state index in [1.165, 1.54) is 12.1 Å². The van der Waals surface area contributed by atoms with Crippen molar-refractivity contribution in [3.05, 3.63) is 102 Å². The third kappa shape index (κ3) is 9.24. The molecule has 0 aliphatic heterocycles. The van der Waals surface area contributed by atoms with E-state index in [0.29, 0.717) is 40.4 Å². The number of aromatic nitrogens is 4. The third-order valence-corrected chi connectivity index (χ3v) is 7.53. The summed E-state index contributed by atoms with van der Waals surface area (Å²) in [5.74, 6) is 0.153. The summed E-state index contributed by atoms with van der Waals surface area (Å²) in [5, 5.41) is 5.62. The number of hydrogen-bond donors (Lipinski definition) is 2. The SMILES string of the molecule is CCOC(c1ccc(OC(C)C)cc1F)c1c(C)n(C(C)C)[nH]c1=O.Cc1c(Cc2ccc(OC(C)C)cc2F)c(=O)[nH]n1C(C)C. The lowest BCUT2D eigenvalue weighted by Gasteiger charge is -2.19. The molecule has 0 amide bonds. The second kappa shape index (κ2) is 16.1. The molecule has 0 fully saturated rings. The first-order valence-corrected chi connectivity index (χ1v) is 16.2. The van der Waals surface area contributed by atoms with Gasteiger partial charge in [0.05, 0.1) is 17.8 Å². The standard InChI is InChI=1S/C19H27FN2O3.C17H23FN2O2/c1-7-24-18(17-13(6)22(11(2)3)21-19(17)23)15-9-8-14(10-16(15)20)25-12(4)5;1-10(2)20-12(5)15(17(21)19-20)8-13-6-7-14(9-16(13)18)22-11(3)4/h8-12,18H,7H2,1-6H3,(H,21,23);6-7,9-11H,8H2,1-5H3,(H,19,21). The highest BCUT2D eigenvalue weighted by atomic mass is 19.1. The van der Waals surface area contributed by atoms with Crippen LogP contribution in [0.1, 0.15) is 114 Å². The molecule has 0 saturated heterocycles. The average Bonchev–Trinajstić information content (AvgIpc) is 3.42. The summed E-state index contributed by atoms with van der Waals surface area (Å²) >= 11 is 0. The number of benzene rings is 2. The van der Waals surface area contributed by atoms with Crippen LogP contribution < -0.4 is 20.6 Å². The Kier molecular flexibility index (Phi) is 12.8. The summed E-state index contributed by atoms with van der Waals surface area (Å²) in [7, 11) is 0. The number of H-pyrrole nitrogens is 2. The predicted molar refractivity (Wildman–Crippen MR) is 181 cm³/mol. The van der Waals surface area contributed by atoms with E-state index >= 15 is 0 Å². The van der Waals surface area contributed by atoms with Crippen molar-refractivity contribution in [3.63, 3.8) is 0 Å². The molecule has 258 valence electrons. The fourth-order valence-corrected chi connectivity index (χ4v) is 5.44. The molecule has 11 heteroatoms. The lowest BCUT2D eigenvalue weighted by molar-refractivity contribution is 0.0874. The minimum atomic E-state index is -0.762. The van der Waals surface area contributed by atoms with E-state index in [0.717, 1.165) is 11.4 Å². The van der Waals surface area contributed by atoms with Crippen LogP contribution in [0.15, 0.2) is 46.0 Å². The van der Waals surface area contributed by atoms with Gasteiger partial charge in [-0.05, 0) is 99.9 Å². The maximum absolute atomic E-state index is 14.7. The van der Waals surface area contributed by atoms with Gasteiger partial charge in [-0.2, -0.15) is 0 Å². The third-order valence-electron chi connectivity index (χ3n) is 7.53. The Morgan fingerprint density at radius 3 is 1.68 bits per heavy atom. The topological polar surface area (TPSA) is 103 Å². The maximum Gasteiger partial charge on any atom is 0.270 e. The summed E-state index contributed by atoms with van der Waals surface area (Å²) in [6.07, 6.45) is -0.537. The highest BCUT2D eigenvalue weighted by molar-refractivity contribution is 5.37. The Balaban J connectivity index is 0.000000257. The Labute approximate surface area is 275 Å². The number of rotatable bonds is 12. The molecule has 1 atom stereocenters. The molecule has 0 aliphatic carbocycles. The number of halogens is 2. The van der Waals surface area contributed by atoms with Crippen LogP contribution in [0.25, 0.3) is 0 Å². The van der Waals surface area contributed by atoms with Gasteiger partial charge in [0, 0.05) is 59.8 Å². The molecule has 1 unspecified atom stereocenters. The zero-order valence-electron chi connectivity index (χ0n) is 29.5. The van der Waals surface area contributed by atoms with Gasteiger partial charge < -0.3 is 14.2 Å². The normalized spacial score (nSPS) is 12.2. The number of aromatic amines is 2. The van der Waals surface area contributed by atoms with Crippen molar-refractivity contribution < 1.29 is 23.0 Å². The van der Waals surface area contributed by atoms with Crippen molar-refractivity contribution in [2.24, 2.45) is 0 Å². The van der Waals surface area contributed by atoms with Crippen LogP contribution in [-0.2, 0) is 11.2 Å². The lowest BCUT2D eigenvalue weighted by atomic mass is 10.0. The zero-order valence-corrected chi connectivity index (χ0v) is 29.5. The fraction of sp³-hybridized carbons (Fsp3) is 0.500. The summed E-state index contributed by atoms with van der Waals surface area (Å²) in [6, 6.07) is 9.71. The van der Waals surface area contributed by atoms with E-state index in [1.54, 1.807) is 28.9 Å². The fourth-order valence-electron chi connectivity index (χ4n) is 5.44. The van der Waals surface area contributed by atoms with Crippen molar-refractivity contribution in [2.45, 2.75) is 113 Å². The van der Waals surface area contributed by atoms with Crippen LogP contribution in [0.5, 0.6) is 11.5 Å². The molecule has 2 aromatic carbocycles. The van der Waals surface area contributed by atoms with Crippen molar-refractivity contribution in [1.29, 1.82) is 0 Å². The molecule has 0 aliphatic rings. The minimum absolute atomic E-state index is 0.00425. The molecule has 0 saturated carbocycles. The van der Waals surface area contributed by atoms with Crippen molar-refractivity contribution in [1.82, 2.24) is 19.6 Å². The lowest BCUT2D eigenvalue weighted by Crippen LogP contribution is -2.17. The van der Waals surface area contributed by atoms with Crippen LogP contribution in [0.2, 0.25) is 0 Å². The molecule has 0 bridgehead atoms. The maximum atomic E-state index is 14.7. The first-order chi connectivity index (χ1) is 22.0. The molecule has 0 spiro atoms. The van der Waals surface area contributed by atoms with Crippen LogP contribution in [0, 0.1) is 25.5 Å². The van der Waals surface area contributed by atoms with Gasteiger partial charge in [0.1, 0.15) is 29.2 Å². The molecular weight excluding hydrogens is 606 g/mol. The van der Waals surface area contributed by atoms with Gasteiger partial charge in [-0.25, -0.2) is 8.78 Å². The molecular formula is C36H50F2N4O5. The summed E-state index contributed by atoms with van der Waals surface area (Å²) < 4.78 is 49.3. The molecule has 2 heterocycles. The summed E-state index contributed by atoms with van der Waals surface area (Å²) in [6.45, 7) is 21.4. The van der Waals surface area contributed by atoms with Crippen molar-refractivity contribution in [2.75, 3.05) is 6.61 Å². The van der Waals surface area contributed by atoms with E-state index in [4.69, 9.17) is 14.2 Å². The largest absolute Gasteiger partial charge is 0.491 e. The van der Waals surface area contributed by atoms with Gasteiger partial charge in [-0.15, -0.1) is 0 Å². The molecule has 9 nitrogen and oxygen atoms in total. The smallest absolute Gasteiger partial charge is 0.270 e. The average molecular weight is 657 g/mol. The highest BCUT2D eigenvalue weighted by Crippen LogP contribution is 2.31. The monoisotopic (exact) mass is 656 g/mol. The summed E-state index contributed by atoms with van der Waals surface area (Å²) in [5.41, 5.74) is 3.04. The van der Waals surface area contributed by atoms with E-state index < -0.39 is 11.9 Å². The van der Waals surface area contributed by atoms with E-state index in [-0.39, 0.29) is 47.6 Å². The zero-order chi connectivity index (χ0) is 35.2. The van der Waals surface area contributed by atoms with Gasteiger partial charge in [0.15, 0.2) is 0 Å². The van der Waals surface area contributed by atoms with Crippen molar-refractivity contribution >= 4 is 0 Å². The Bertz CT molecular complexity index is 1750. The quantitative estimate of drug-likeness (QED) is 0.163. The molecule has 0 radical (unpaired) electrons. The van der Waals surface area contributed by atoms with E-state index in [2.05, 4.69) is 10.2 Å². The van der Waals surface area contributed by atoms with Crippen LogP contribution in [0.4, 0.5) is 8.78 Å². The molecule has 4 aromatic rings. The van der Waals surface area contributed by atoms with E-state index in [1.807, 2.05) is 80.8 Å². The molecule has 47 heavy (non-hydrogen) atoms. The van der Waals surface area contributed by atoms with Crippen LogP contribution >= 0.6 is 0 Å². The van der Waals surface area contributed by atoms with Gasteiger partial charge in [0.2, 0.25) is 0 Å². The summed E-state index contributed by atoms with van der Waals surface area (Å²) in [4.78, 5) is 24.5. The molecule has 2 N–H and O–H groups in total. The number of hydrogen-bond acceptors (Lipinski definition) is 5. The first-order valence-electron chi connectivity index (χ1n) is 16.2. The van der Waals surface area contributed by atoms with Gasteiger partial charge in [-0.1, -0.05) is 6.07 Å². The highest BCUT2D eigenvalue weighted by Gasteiger charge is 2.27. The predicted octanol–water partition coefficient (Wildman–Crippen LogP) is 7.70. The Morgan fingerprint density at radius 2 is 1.23 bits per heavy atom. The number of nitrogens with zero attached hydrogens (tertiary/aromatic N) is 2. The van der Waals surface area contributed by atoms with Crippen molar-refractivity contribution in [3.8, 4) is 11.5 Å². The molecule has 4 rings (SSSR count). The van der Waals surface area contributed by atoms with E-state index in [9.17, 15) is 18.4 Å². The first kappa shape index (κ1) is 37.3. The number of nitrogens with one attached hydrogen (secondary N) is 2. The second-order valence-electron chi connectivity index (χ2n) is 12.7. The molecule has 2 aromatic heterocycles. The Hall–Kier alpha value is -4.12. The second-order valence-corrected chi connectivity index (χ2v) is 12.7. The van der Waals surface area contributed by atoms with Gasteiger partial charge in [-0.3, -0.25) is 29.2 Å².